The minimum Gasteiger partial charge on any atom is -0.314 e. The summed E-state index contributed by atoms with van der Waals surface area (Å²) in [5, 5.41) is 9.15. The summed E-state index contributed by atoms with van der Waals surface area (Å²) in [5.41, 5.74) is 4.85. The molecule has 7 rings (SSSR count). The standard InChI is InChI=1S/C37H27OP/c1-39(38,28-14-3-2-4-15-28)29-24-22-27(23-25-29)36-32-17-7-9-19-34(32)37(35-20-10-8-18-33(35)36)31-21-11-13-26-12-5-6-16-30(26)31/h2-25H,1H3. The van der Waals surface area contributed by atoms with Crippen LogP contribution in [0.1, 0.15) is 0 Å². The molecule has 0 saturated carbocycles. The first-order valence-electron chi connectivity index (χ1n) is 13.3. The lowest BCUT2D eigenvalue weighted by molar-refractivity contribution is 0.590. The van der Waals surface area contributed by atoms with Gasteiger partial charge < -0.3 is 4.57 Å². The molecular formula is C37H27OP. The van der Waals surface area contributed by atoms with Gasteiger partial charge in [-0.05, 0) is 61.2 Å². The first-order chi connectivity index (χ1) is 19.1. The van der Waals surface area contributed by atoms with Crippen LogP contribution in [-0.2, 0) is 4.57 Å². The van der Waals surface area contributed by atoms with Crippen molar-refractivity contribution in [2.45, 2.75) is 0 Å². The fraction of sp³-hybridized carbons (Fsp3) is 0.0270. The molecule has 7 aromatic carbocycles. The Balaban J connectivity index is 1.49. The van der Waals surface area contributed by atoms with E-state index in [9.17, 15) is 4.57 Å². The first kappa shape index (κ1) is 23.7. The summed E-state index contributed by atoms with van der Waals surface area (Å²) in [6.45, 7) is 1.86. The Morgan fingerprint density at radius 2 is 0.872 bits per heavy atom. The molecule has 0 aromatic heterocycles. The van der Waals surface area contributed by atoms with E-state index in [2.05, 4.69) is 103 Å². The molecule has 1 atom stereocenters. The van der Waals surface area contributed by atoms with Crippen molar-refractivity contribution in [3.63, 3.8) is 0 Å². The van der Waals surface area contributed by atoms with Gasteiger partial charge in [0.15, 0.2) is 0 Å². The molecular weight excluding hydrogens is 491 g/mol. The van der Waals surface area contributed by atoms with E-state index < -0.39 is 7.14 Å². The molecule has 0 amide bonds. The molecule has 0 fully saturated rings. The molecule has 0 aliphatic rings. The highest BCUT2D eigenvalue weighted by atomic mass is 31.2. The quantitative estimate of drug-likeness (QED) is 0.168. The highest BCUT2D eigenvalue weighted by Crippen LogP contribution is 2.45. The van der Waals surface area contributed by atoms with Crippen molar-refractivity contribution in [1.29, 1.82) is 0 Å². The summed E-state index contributed by atoms with van der Waals surface area (Å²) in [6, 6.07) is 50.8. The van der Waals surface area contributed by atoms with Crippen molar-refractivity contribution in [1.82, 2.24) is 0 Å². The van der Waals surface area contributed by atoms with Gasteiger partial charge >= 0.3 is 0 Å². The maximum Gasteiger partial charge on any atom is 0.140 e. The second-order valence-electron chi connectivity index (χ2n) is 10.2. The SMILES string of the molecule is CP(=O)(c1ccccc1)c1ccc(-c2c3ccccc3c(-c3cccc4ccccc34)c3ccccc23)cc1. The zero-order chi connectivity index (χ0) is 26.4. The number of rotatable bonds is 4. The van der Waals surface area contributed by atoms with Gasteiger partial charge in [0.1, 0.15) is 7.14 Å². The Kier molecular flexibility index (Phi) is 5.69. The Bertz CT molecular complexity index is 1980. The van der Waals surface area contributed by atoms with Crippen LogP contribution in [0.3, 0.4) is 0 Å². The molecule has 0 saturated heterocycles. The summed E-state index contributed by atoms with van der Waals surface area (Å²) >= 11 is 0. The van der Waals surface area contributed by atoms with E-state index >= 15 is 0 Å². The minimum absolute atomic E-state index is 0.874. The maximum atomic E-state index is 13.8. The topological polar surface area (TPSA) is 17.1 Å². The van der Waals surface area contributed by atoms with Crippen LogP contribution in [0.2, 0.25) is 0 Å². The van der Waals surface area contributed by atoms with E-state index in [0.717, 1.165) is 16.2 Å². The van der Waals surface area contributed by atoms with Crippen LogP contribution in [0.15, 0.2) is 146 Å². The van der Waals surface area contributed by atoms with Crippen LogP contribution >= 0.6 is 7.14 Å². The fourth-order valence-electron chi connectivity index (χ4n) is 5.95. The van der Waals surface area contributed by atoms with Gasteiger partial charge in [-0.2, -0.15) is 0 Å². The number of hydrogen-bond donors (Lipinski definition) is 0. The Labute approximate surface area is 228 Å². The van der Waals surface area contributed by atoms with Gasteiger partial charge in [0, 0.05) is 10.6 Å². The molecule has 0 bridgehead atoms. The fourth-order valence-corrected chi connectivity index (χ4v) is 7.70. The normalized spacial score (nSPS) is 13.1. The molecule has 2 heteroatoms. The highest BCUT2D eigenvalue weighted by Gasteiger charge is 2.22. The van der Waals surface area contributed by atoms with Crippen LogP contribution in [0.25, 0.3) is 54.6 Å². The molecule has 1 nitrogen and oxygen atoms in total. The van der Waals surface area contributed by atoms with Crippen molar-refractivity contribution < 1.29 is 4.57 Å². The third-order valence-electron chi connectivity index (χ3n) is 7.89. The van der Waals surface area contributed by atoms with Crippen molar-refractivity contribution >= 4 is 50.1 Å². The third kappa shape index (κ3) is 3.90. The third-order valence-corrected chi connectivity index (χ3v) is 10.5. The molecule has 39 heavy (non-hydrogen) atoms. The average molecular weight is 519 g/mol. The lowest BCUT2D eigenvalue weighted by Crippen LogP contribution is -2.14. The molecule has 186 valence electrons. The van der Waals surface area contributed by atoms with Crippen molar-refractivity contribution in [3.8, 4) is 22.3 Å². The monoisotopic (exact) mass is 518 g/mol. The lowest BCUT2D eigenvalue weighted by atomic mass is 9.85. The van der Waals surface area contributed by atoms with E-state index in [0.29, 0.717) is 0 Å². The molecule has 0 aliphatic heterocycles. The Hall–Kier alpha value is -4.45. The largest absolute Gasteiger partial charge is 0.314 e. The van der Waals surface area contributed by atoms with Gasteiger partial charge in [0.2, 0.25) is 0 Å². The molecule has 0 heterocycles. The van der Waals surface area contributed by atoms with Gasteiger partial charge in [0.25, 0.3) is 0 Å². The van der Waals surface area contributed by atoms with Crippen LogP contribution < -0.4 is 10.6 Å². The summed E-state index contributed by atoms with van der Waals surface area (Å²) in [7, 11) is -2.68. The van der Waals surface area contributed by atoms with E-state index in [1.807, 2.05) is 49.1 Å². The predicted octanol–water partition coefficient (Wildman–Crippen LogP) is 9.42. The number of hydrogen-bond acceptors (Lipinski definition) is 1. The summed E-state index contributed by atoms with van der Waals surface area (Å²) < 4.78 is 13.8. The summed E-state index contributed by atoms with van der Waals surface area (Å²) in [4.78, 5) is 0. The van der Waals surface area contributed by atoms with E-state index in [-0.39, 0.29) is 0 Å². The Morgan fingerprint density at radius 3 is 1.49 bits per heavy atom. The molecule has 0 spiro atoms. The smallest absolute Gasteiger partial charge is 0.140 e. The molecule has 7 aromatic rings. The highest BCUT2D eigenvalue weighted by molar-refractivity contribution is 7.78. The van der Waals surface area contributed by atoms with Crippen LogP contribution in [0, 0.1) is 0 Å². The summed E-state index contributed by atoms with van der Waals surface area (Å²) in [5.74, 6) is 0. The molecule has 0 radical (unpaired) electrons. The minimum atomic E-state index is -2.68. The van der Waals surface area contributed by atoms with Crippen LogP contribution in [0.5, 0.6) is 0 Å². The van der Waals surface area contributed by atoms with Crippen molar-refractivity contribution in [3.05, 3.63) is 146 Å². The number of fused-ring (bicyclic) bond motifs is 3. The van der Waals surface area contributed by atoms with Gasteiger partial charge in [0.05, 0.1) is 0 Å². The van der Waals surface area contributed by atoms with Gasteiger partial charge in [-0.1, -0.05) is 146 Å². The van der Waals surface area contributed by atoms with E-state index in [1.54, 1.807) is 0 Å². The zero-order valence-electron chi connectivity index (χ0n) is 21.7. The van der Waals surface area contributed by atoms with Crippen LogP contribution in [-0.4, -0.2) is 6.66 Å². The molecule has 0 aliphatic carbocycles. The maximum absolute atomic E-state index is 13.8. The van der Waals surface area contributed by atoms with E-state index in [1.165, 1.54) is 49.0 Å². The lowest BCUT2D eigenvalue weighted by Gasteiger charge is -2.19. The number of benzene rings is 7. The second-order valence-corrected chi connectivity index (χ2v) is 13.1. The van der Waals surface area contributed by atoms with Gasteiger partial charge in [-0.3, -0.25) is 0 Å². The van der Waals surface area contributed by atoms with E-state index in [4.69, 9.17) is 0 Å². The molecule has 1 unspecified atom stereocenters. The summed E-state index contributed by atoms with van der Waals surface area (Å²) in [6.07, 6.45) is 0. The zero-order valence-corrected chi connectivity index (χ0v) is 22.6. The predicted molar refractivity (Wildman–Crippen MR) is 169 cm³/mol. The molecule has 0 N–H and O–H groups in total. The second kappa shape index (κ2) is 9.38. The van der Waals surface area contributed by atoms with Gasteiger partial charge in [-0.15, -0.1) is 0 Å². The average Bonchev–Trinajstić information content (AvgIpc) is 3.00. The van der Waals surface area contributed by atoms with Crippen molar-refractivity contribution in [2.24, 2.45) is 0 Å². The van der Waals surface area contributed by atoms with Crippen molar-refractivity contribution in [2.75, 3.05) is 6.66 Å². The van der Waals surface area contributed by atoms with Crippen LogP contribution in [0.4, 0.5) is 0 Å². The van der Waals surface area contributed by atoms with Gasteiger partial charge in [-0.25, -0.2) is 0 Å². The first-order valence-corrected chi connectivity index (χ1v) is 15.4. The Morgan fingerprint density at radius 1 is 0.410 bits per heavy atom.